The summed E-state index contributed by atoms with van der Waals surface area (Å²) in [5.74, 6) is 0.750. The molecule has 0 aromatic carbocycles. The van der Waals surface area contributed by atoms with E-state index in [1.54, 1.807) is 0 Å². The van der Waals surface area contributed by atoms with Gasteiger partial charge in [0.2, 0.25) is 0 Å². The molecular formula is C9H20OS2. The van der Waals surface area contributed by atoms with E-state index in [1.165, 1.54) is 0 Å². The summed E-state index contributed by atoms with van der Waals surface area (Å²) in [6.07, 6.45) is 0.966. The first kappa shape index (κ1) is 12.7. The Morgan fingerprint density at radius 2 is 1.67 bits per heavy atom. The Bertz CT molecular complexity index is 127. The summed E-state index contributed by atoms with van der Waals surface area (Å²) in [7, 11) is 0. The van der Waals surface area contributed by atoms with Crippen LogP contribution < -0.4 is 0 Å². The highest BCUT2D eigenvalue weighted by Gasteiger charge is 2.18. The third-order valence-electron chi connectivity index (χ3n) is 1.59. The normalized spacial score (nSPS) is 13.5. The van der Waals surface area contributed by atoms with Crippen LogP contribution in [0.5, 0.6) is 0 Å². The lowest BCUT2D eigenvalue weighted by Gasteiger charge is -2.25. The largest absolute Gasteiger partial charge is 0.375 e. The van der Waals surface area contributed by atoms with Gasteiger partial charge in [-0.15, -0.1) is 0 Å². The van der Waals surface area contributed by atoms with Gasteiger partial charge in [0, 0.05) is 17.1 Å². The molecule has 0 heterocycles. The third-order valence-corrected chi connectivity index (χ3v) is 2.57. The monoisotopic (exact) mass is 208 g/mol. The molecule has 0 aromatic heterocycles. The average molecular weight is 208 g/mol. The van der Waals surface area contributed by atoms with Gasteiger partial charge in [0.1, 0.15) is 0 Å². The second kappa shape index (κ2) is 4.77. The van der Waals surface area contributed by atoms with Gasteiger partial charge in [-0.2, -0.15) is 25.3 Å². The highest BCUT2D eigenvalue weighted by molar-refractivity contribution is 7.81. The summed E-state index contributed by atoms with van der Waals surface area (Å²) in [4.78, 5) is 0. The van der Waals surface area contributed by atoms with Crippen molar-refractivity contribution in [1.82, 2.24) is 0 Å². The Hall–Kier alpha value is 0.660. The molecule has 1 nitrogen and oxygen atoms in total. The number of ether oxygens (including phenoxy) is 1. The van der Waals surface area contributed by atoms with E-state index in [0.29, 0.717) is 0 Å². The van der Waals surface area contributed by atoms with Crippen LogP contribution in [0, 0.1) is 0 Å². The first-order valence-corrected chi connectivity index (χ1v) is 5.32. The Kier molecular flexibility index (Phi) is 5.04. The lowest BCUT2D eigenvalue weighted by molar-refractivity contribution is -0.00222. The van der Waals surface area contributed by atoms with Gasteiger partial charge in [0.05, 0.1) is 5.60 Å². The van der Waals surface area contributed by atoms with Crippen molar-refractivity contribution in [1.29, 1.82) is 0 Å². The molecule has 0 aliphatic rings. The zero-order valence-corrected chi connectivity index (χ0v) is 10.2. The van der Waals surface area contributed by atoms with Gasteiger partial charge in [0.25, 0.3) is 0 Å². The minimum absolute atomic E-state index is 0.0622. The zero-order chi connectivity index (χ0) is 9.83. The molecule has 0 aliphatic carbocycles. The van der Waals surface area contributed by atoms with Crippen LogP contribution in [-0.2, 0) is 4.74 Å². The van der Waals surface area contributed by atoms with E-state index < -0.39 is 0 Å². The van der Waals surface area contributed by atoms with Crippen LogP contribution in [0.3, 0.4) is 0 Å². The van der Waals surface area contributed by atoms with Crippen molar-refractivity contribution in [3.05, 3.63) is 0 Å². The van der Waals surface area contributed by atoms with E-state index in [9.17, 15) is 0 Å². The maximum absolute atomic E-state index is 5.63. The van der Waals surface area contributed by atoms with Gasteiger partial charge in [0.15, 0.2) is 0 Å². The Morgan fingerprint density at radius 3 is 2.00 bits per heavy atom. The number of thiol groups is 2. The van der Waals surface area contributed by atoms with Crippen molar-refractivity contribution in [3.8, 4) is 0 Å². The minimum Gasteiger partial charge on any atom is -0.375 e. The molecule has 0 fully saturated rings. The van der Waals surface area contributed by atoms with Gasteiger partial charge in [-0.3, -0.25) is 0 Å². The van der Waals surface area contributed by atoms with Crippen molar-refractivity contribution < 1.29 is 4.74 Å². The molecule has 0 aliphatic heterocycles. The molecular weight excluding hydrogens is 188 g/mol. The summed E-state index contributed by atoms with van der Waals surface area (Å²) >= 11 is 8.62. The van der Waals surface area contributed by atoms with E-state index >= 15 is 0 Å². The fraction of sp³-hybridized carbons (Fsp3) is 1.00. The predicted molar refractivity (Wildman–Crippen MR) is 61.6 cm³/mol. The van der Waals surface area contributed by atoms with E-state index in [2.05, 4.69) is 39.1 Å². The van der Waals surface area contributed by atoms with E-state index in [1.807, 2.05) is 13.8 Å². The van der Waals surface area contributed by atoms with Crippen LogP contribution in [0.2, 0.25) is 0 Å². The smallest absolute Gasteiger partial charge is 0.0714 e. The summed E-state index contributed by atoms with van der Waals surface area (Å²) in [5, 5.41) is 0. The maximum atomic E-state index is 5.63. The van der Waals surface area contributed by atoms with Crippen molar-refractivity contribution in [2.75, 3.05) is 12.4 Å². The number of rotatable bonds is 5. The third kappa shape index (κ3) is 7.32. The fourth-order valence-corrected chi connectivity index (χ4v) is 0.805. The van der Waals surface area contributed by atoms with Crippen molar-refractivity contribution in [2.24, 2.45) is 0 Å². The maximum Gasteiger partial charge on any atom is 0.0714 e. The van der Waals surface area contributed by atoms with Gasteiger partial charge in [-0.1, -0.05) is 13.8 Å². The standard InChI is InChI=1S/C9H20OS2/c1-8(2,7-11)10-6-5-9(3,4)12/h11-12H,5-7H2,1-4H3. The number of hydrogen-bond acceptors (Lipinski definition) is 3. The SMILES string of the molecule is CC(C)(S)CCOC(C)(C)CS. The minimum atomic E-state index is -0.109. The first-order chi connectivity index (χ1) is 5.27. The molecule has 12 heavy (non-hydrogen) atoms. The van der Waals surface area contributed by atoms with Crippen LogP contribution in [-0.4, -0.2) is 22.7 Å². The van der Waals surface area contributed by atoms with Crippen LogP contribution in [0.25, 0.3) is 0 Å². The van der Waals surface area contributed by atoms with Crippen LogP contribution in [0.15, 0.2) is 0 Å². The quantitative estimate of drug-likeness (QED) is 0.661. The second-order valence-corrected chi connectivity index (χ2v) is 5.86. The van der Waals surface area contributed by atoms with Crippen LogP contribution in [0.4, 0.5) is 0 Å². The van der Waals surface area contributed by atoms with Crippen molar-refractivity contribution >= 4 is 25.3 Å². The highest BCUT2D eigenvalue weighted by Crippen LogP contribution is 2.19. The average Bonchev–Trinajstić information content (AvgIpc) is 1.84. The summed E-state index contributed by atoms with van der Waals surface area (Å²) in [6.45, 7) is 9.03. The lowest BCUT2D eigenvalue weighted by Crippen LogP contribution is -2.28. The van der Waals surface area contributed by atoms with E-state index in [4.69, 9.17) is 4.74 Å². The fourth-order valence-electron chi connectivity index (χ4n) is 0.623. The summed E-state index contributed by atoms with van der Waals surface area (Å²) < 4.78 is 5.69. The van der Waals surface area contributed by atoms with Gasteiger partial charge < -0.3 is 4.74 Å². The van der Waals surface area contributed by atoms with Gasteiger partial charge >= 0.3 is 0 Å². The molecule has 0 saturated heterocycles. The van der Waals surface area contributed by atoms with Crippen LogP contribution >= 0.6 is 25.3 Å². The molecule has 74 valence electrons. The highest BCUT2D eigenvalue weighted by atomic mass is 32.1. The molecule has 0 bridgehead atoms. The second-order valence-electron chi connectivity index (χ2n) is 4.33. The van der Waals surface area contributed by atoms with Crippen LogP contribution in [0.1, 0.15) is 34.1 Å². The first-order valence-electron chi connectivity index (χ1n) is 4.24. The molecule has 0 spiro atoms. The molecule has 3 heteroatoms. The number of hydrogen-bond donors (Lipinski definition) is 2. The molecule has 0 atom stereocenters. The molecule has 0 amide bonds. The molecule has 0 saturated carbocycles. The molecule has 0 radical (unpaired) electrons. The topological polar surface area (TPSA) is 9.23 Å². The van der Waals surface area contributed by atoms with Gasteiger partial charge in [-0.05, 0) is 20.3 Å². The Morgan fingerprint density at radius 1 is 1.17 bits per heavy atom. The lowest BCUT2D eigenvalue weighted by atomic mass is 10.1. The summed E-state index contributed by atoms with van der Waals surface area (Å²) in [6, 6.07) is 0. The molecule has 0 rings (SSSR count). The predicted octanol–water partition coefficient (Wildman–Crippen LogP) is 2.81. The van der Waals surface area contributed by atoms with Gasteiger partial charge in [-0.25, -0.2) is 0 Å². The zero-order valence-electron chi connectivity index (χ0n) is 8.42. The van der Waals surface area contributed by atoms with Crippen molar-refractivity contribution in [3.63, 3.8) is 0 Å². The summed E-state index contributed by atoms with van der Waals surface area (Å²) in [5.41, 5.74) is -0.109. The van der Waals surface area contributed by atoms with E-state index in [-0.39, 0.29) is 10.3 Å². The molecule has 0 aromatic rings. The van der Waals surface area contributed by atoms with E-state index in [0.717, 1.165) is 18.8 Å². The Labute approximate surface area is 87.1 Å². The molecule has 0 unspecified atom stereocenters. The Balaban J connectivity index is 3.57. The van der Waals surface area contributed by atoms with Crippen molar-refractivity contribution in [2.45, 2.75) is 44.5 Å². The molecule has 0 N–H and O–H groups in total.